The minimum atomic E-state index is -0.468. The van der Waals surface area contributed by atoms with Gasteiger partial charge in [-0.15, -0.1) is 0 Å². The van der Waals surface area contributed by atoms with Crippen LogP contribution in [0.5, 0.6) is 0 Å². The molecule has 4 rings (SSSR count). The van der Waals surface area contributed by atoms with Gasteiger partial charge in [-0.25, -0.2) is 0 Å². The largest absolute Gasteiger partial charge is 0.390 e. The second-order valence-electron chi connectivity index (χ2n) is 6.12. The highest BCUT2D eigenvalue weighted by Crippen LogP contribution is 2.35. The molecule has 1 aliphatic rings. The van der Waals surface area contributed by atoms with Gasteiger partial charge in [0.05, 0.1) is 11.8 Å². The van der Waals surface area contributed by atoms with Crippen molar-refractivity contribution in [1.29, 1.82) is 0 Å². The molecule has 24 heavy (non-hydrogen) atoms. The molecule has 2 nitrogen and oxygen atoms in total. The number of benzene rings is 3. The van der Waals surface area contributed by atoms with Gasteiger partial charge in [0.2, 0.25) is 0 Å². The van der Waals surface area contributed by atoms with E-state index >= 15 is 0 Å². The van der Waals surface area contributed by atoms with E-state index < -0.39 is 6.10 Å². The molecular formula is C22H19NO. The number of hydrogen-bond acceptors (Lipinski definition) is 2. The predicted octanol–water partition coefficient (Wildman–Crippen LogP) is 4.18. The van der Waals surface area contributed by atoms with Gasteiger partial charge in [-0.3, -0.25) is 4.99 Å². The van der Waals surface area contributed by atoms with Crippen molar-refractivity contribution in [3.8, 4) is 0 Å². The average molecular weight is 313 g/mol. The molecular weight excluding hydrogens is 294 g/mol. The smallest absolute Gasteiger partial charge is 0.102 e. The van der Waals surface area contributed by atoms with Crippen molar-refractivity contribution in [3.63, 3.8) is 0 Å². The van der Waals surface area contributed by atoms with Gasteiger partial charge >= 0.3 is 0 Å². The Labute approximate surface area is 142 Å². The molecule has 0 saturated heterocycles. The van der Waals surface area contributed by atoms with Crippen LogP contribution in [-0.2, 0) is 6.42 Å². The second kappa shape index (κ2) is 6.42. The van der Waals surface area contributed by atoms with Crippen LogP contribution < -0.4 is 0 Å². The van der Waals surface area contributed by atoms with E-state index in [1.807, 2.05) is 48.5 Å². The van der Waals surface area contributed by atoms with Gasteiger partial charge in [0.15, 0.2) is 0 Å². The van der Waals surface area contributed by atoms with Gasteiger partial charge in [0, 0.05) is 17.5 Å². The summed E-state index contributed by atoms with van der Waals surface area (Å²) in [6.07, 6.45) is 0.200. The molecule has 3 aromatic carbocycles. The Kier molecular flexibility index (Phi) is 3.97. The van der Waals surface area contributed by atoms with Crippen molar-refractivity contribution in [3.05, 3.63) is 107 Å². The van der Waals surface area contributed by atoms with Crippen molar-refractivity contribution in [1.82, 2.24) is 0 Å². The number of aliphatic hydroxyl groups is 1. The topological polar surface area (TPSA) is 32.6 Å². The molecule has 1 N–H and O–H groups in total. The number of nitrogens with zero attached hydrogens (tertiary/aromatic N) is 1. The quantitative estimate of drug-likeness (QED) is 0.723. The SMILES string of the molecule is O[C@@H]1Cc2ccccc2[C@H]1N=C(c1ccccc1)c1ccccc1. The highest BCUT2D eigenvalue weighted by molar-refractivity contribution is 6.13. The van der Waals surface area contributed by atoms with Gasteiger partial charge in [-0.1, -0.05) is 84.9 Å². The molecule has 0 saturated carbocycles. The lowest BCUT2D eigenvalue weighted by atomic mass is 10.0. The van der Waals surface area contributed by atoms with Crippen LogP contribution in [0.15, 0.2) is 89.9 Å². The van der Waals surface area contributed by atoms with Crippen LogP contribution in [0.25, 0.3) is 0 Å². The van der Waals surface area contributed by atoms with Gasteiger partial charge in [0.1, 0.15) is 6.04 Å². The van der Waals surface area contributed by atoms with Gasteiger partial charge < -0.3 is 5.11 Å². The molecule has 0 bridgehead atoms. The standard InChI is InChI=1S/C22H19NO/c24-20-15-18-13-7-8-14-19(18)22(20)23-21(16-9-3-1-4-10-16)17-11-5-2-6-12-17/h1-14,20,22,24H,15H2/t20-,22-/m1/s1. The maximum atomic E-state index is 10.5. The molecule has 0 spiro atoms. The van der Waals surface area contributed by atoms with E-state index in [1.54, 1.807) is 0 Å². The van der Waals surface area contributed by atoms with Gasteiger partial charge in [-0.2, -0.15) is 0 Å². The maximum absolute atomic E-state index is 10.5. The summed E-state index contributed by atoms with van der Waals surface area (Å²) in [5.74, 6) is 0. The summed E-state index contributed by atoms with van der Waals surface area (Å²) in [4.78, 5) is 5.01. The molecule has 2 heteroatoms. The summed E-state index contributed by atoms with van der Waals surface area (Å²) in [6, 6.07) is 28.4. The normalized spacial score (nSPS) is 18.9. The zero-order valence-electron chi connectivity index (χ0n) is 13.3. The van der Waals surface area contributed by atoms with E-state index in [4.69, 9.17) is 4.99 Å². The third-order valence-electron chi connectivity index (χ3n) is 4.53. The zero-order valence-corrected chi connectivity index (χ0v) is 13.3. The lowest BCUT2D eigenvalue weighted by molar-refractivity contribution is 0.159. The zero-order chi connectivity index (χ0) is 16.4. The number of hydrogen-bond donors (Lipinski definition) is 1. The Morgan fingerprint density at radius 3 is 1.92 bits per heavy atom. The van der Waals surface area contributed by atoms with E-state index in [1.165, 1.54) is 5.56 Å². The molecule has 2 atom stereocenters. The summed E-state index contributed by atoms with van der Waals surface area (Å²) in [5.41, 5.74) is 5.39. The van der Waals surface area contributed by atoms with Crippen molar-refractivity contribution >= 4 is 5.71 Å². The molecule has 0 aliphatic heterocycles. The van der Waals surface area contributed by atoms with Crippen molar-refractivity contribution in [2.24, 2.45) is 4.99 Å². The molecule has 0 unspecified atom stereocenters. The highest BCUT2D eigenvalue weighted by atomic mass is 16.3. The minimum absolute atomic E-state index is 0.211. The van der Waals surface area contributed by atoms with E-state index in [9.17, 15) is 5.11 Å². The van der Waals surface area contributed by atoms with Crippen LogP contribution in [0.4, 0.5) is 0 Å². The van der Waals surface area contributed by atoms with E-state index in [-0.39, 0.29) is 6.04 Å². The highest BCUT2D eigenvalue weighted by Gasteiger charge is 2.30. The van der Waals surface area contributed by atoms with Crippen LogP contribution in [0.2, 0.25) is 0 Å². The molecule has 0 radical (unpaired) electrons. The van der Waals surface area contributed by atoms with E-state index in [0.717, 1.165) is 22.4 Å². The van der Waals surface area contributed by atoms with Crippen LogP contribution in [0.3, 0.4) is 0 Å². The monoisotopic (exact) mass is 313 g/mol. The van der Waals surface area contributed by atoms with Crippen LogP contribution in [0, 0.1) is 0 Å². The molecule has 3 aromatic rings. The number of aliphatic hydroxyl groups excluding tert-OH is 1. The summed E-state index contributed by atoms with van der Waals surface area (Å²) in [7, 11) is 0. The Morgan fingerprint density at radius 2 is 1.29 bits per heavy atom. The molecule has 0 aromatic heterocycles. The van der Waals surface area contributed by atoms with Gasteiger partial charge in [-0.05, 0) is 11.1 Å². The average Bonchev–Trinajstić information content (AvgIpc) is 2.96. The fourth-order valence-electron chi connectivity index (χ4n) is 3.36. The Bertz CT molecular complexity index is 814. The Hall–Kier alpha value is -2.71. The van der Waals surface area contributed by atoms with E-state index in [0.29, 0.717) is 6.42 Å². The van der Waals surface area contributed by atoms with Crippen LogP contribution in [0.1, 0.15) is 28.3 Å². The van der Waals surface area contributed by atoms with Crippen molar-refractivity contribution in [2.75, 3.05) is 0 Å². The molecule has 0 heterocycles. The third-order valence-corrected chi connectivity index (χ3v) is 4.53. The second-order valence-corrected chi connectivity index (χ2v) is 6.12. The van der Waals surface area contributed by atoms with Crippen LogP contribution in [-0.4, -0.2) is 16.9 Å². The predicted molar refractivity (Wildman–Crippen MR) is 97.4 cm³/mol. The first-order valence-electron chi connectivity index (χ1n) is 8.27. The number of aliphatic imine (C=N–C) groups is 1. The molecule has 0 amide bonds. The van der Waals surface area contributed by atoms with Crippen LogP contribution >= 0.6 is 0 Å². The summed E-state index contributed by atoms with van der Waals surface area (Å²) in [6.45, 7) is 0. The molecule has 1 aliphatic carbocycles. The minimum Gasteiger partial charge on any atom is -0.390 e. The number of fused-ring (bicyclic) bond motifs is 1. The third kappa shape index (κ3) is 2.77. The van der Waals surface area contributed by atoms with E-state index in [2.05, 4.69) is 36.4 Å². The Balaban J connectivity index is 1.84. The number of rotatable bonds is 3. The fraction of sp³-hybridized carbons (Fsp3) is 0.136. The van der Waals surface area contributed by atoms with Gasteiger partial charge in [0.25, 0.3) is 0 Å². The lowest BCUT2D eigenvalue weighted by Crippen LogP contribution is -2.15. The summed E-state index contributed by atoms with van der Waals surface area (Å²) < 4.78 is 0. The summed E-state index contributed by atoms with van der Waals surface area (Å²) >= 11 is 0. The lowest BCUT2D eigenvalue weighted by Gasteiger charge is -2.15. The fourth-order valence-corrected chi connectivity index (χ4v) is 3.36. The first-order chi connectivity index (χ1) is 11.8. The Morgan fingerprint density at radius 1 is 0.750 bits per heavy atom. The first kappa shape index (κ1) is 14.9. The van der Waals surface area contributed by atoms with Crippen molar-refractivity contribution in [2.45, 2.75) is 18.6 Å². The maximum Gasteiger partial charge on any atom is 0.102 e. The molecule has 0 fully saturated rings. The van der Waals surface area contributed by atoms with Crippen molar-refractivity contribution < 1.29 is 5.11 Å². The summed E-state index contributed by atoms with van der Waals surface area (Å²) in [5, 5.41) is 10.5. The first-order valence-corrected chi connectivity index (χ1v) is 8.27. The molecule has 118 valence electrons.